The smallest absolute Gasteiger partial charge is 0.160 e. The number of halogens is 2. The van der Waals surface area contributed by atoms with Crippen LogP contribution in [-0.2, 0) is 9.84 Å². The van der Waals surface area contributed by atoms with Gasteiger partial charge in [-0.25, -0.2) is 18.1 Å². The molecule has 2 aromatic heterocycles. The molecule has 1 aromatic carbocycles. The van der Waals surface area contributed by atoms with E-state index in [2.05, 4.69) is 10.1 Å². The molecule has 1 atom stereocenters. The van der Waals surface area contributed by atoms with E-state index in [-0.39, 0.29) is 17.5 Å². The fraction of sp³-hybridized carbons (Fsp3) is 0.333. The summed E-state index contributed by atoms with van der Waals surface area (Å²) in [4.78, 5) is 4.65. The quantitative estimate of drug-likeness (QED) is 0.657. The van der Waals surface area contributed by atoms with Gasteiger partial charge in [-0.2, -0.15) is 5.10 Å². The lowest BCUT2D eigenvalue weighted by Gasteiger charge is -2.10. The van der Waals surface area contributed by atoms with Crippen molar-refractivity contribution in [2.75, 3.05) is 11.5 Å². The van der Waals surface area contributed by atoms with Gasteiger partial charge in [0.15, 0.2) is 15.5 Å². The minimum Gasteiger partial charge on any atom is -0.243 e. The minimum absolute atomic E-state index is 0.0934. The Labute approximate surface area is 143 Å². The van der Waals surface area contributed by atoms with Crippen molar-refractivity contribution in [2.45, 2.75) is 19.4 Å². The second-order valence-electron chi connectivity index (χ2n) is 5.87. The van der Waals surface area contributed by atoms with Crippen LogP contribution in [0.1, 0.15) is 18.2 Å². The number of hydrogen-bond acceptors (Lipinski definition) is 4. The van der Waals surface area contributed by atoms with Gasteiger partial charge in [-0.1, -0.05) is 23.2 Å². The Morgan fingerprint density at radius 1 is 1.30 bits per heavy atom. The molecule has 5 nitrogen and oxygen atoms in total. The van der Waals surface area contributed by atoms with E-state index < -0.39 is 9.84 Å². The standard InChI is InChI=1S/C15H13Cl2N3O2S/c1-8-13-14(17)11-3-2-9(16)6-12(11)18-15(13)20(19-8)10-4-5-23(21,22)7-10/h2-3,6,10H,4-5,7H2,1H3. The molecule has 0 aliphatic carbocycles. The third-order valence-electron chi connectivity index (χ3n) is 4.26. The van der Waals surface area contributed by atoms with Gasteiger partial charge in [-0.15, -0.1) is 0 Å². The van der Waals surface area contributed by atoms with Crippen molar-refractivity contribution in [3.8, 4) is 0 Å². The van der Waals surface area contributed by atoms with Gasteiger partial charge >= 0.3 is 0 Å². The molecular formula is C15H13Cl2N3O2S. The van der Waals surface area contributed by atoms with E-state index >= 15 is 0 Å². The molecule has 0 spiro atoms. The van der Waals surface area contributed by atoms with Gasteiger partial charge in [0.1, 0.15) is 0 Å². The summed E-state index contributed by atoms with van der Waals surface area (Å²) >= 11 is 12.6. The van der Waals surface area contributed by atoms with Gasteiger partial charge in [-0.3, -0.25) is 0 Å². The number of pyridine rings is 1. The van der Waals surface area contributed by atoms with Crippen molar-refractivity contribution in [1.29, 1.82) is 0 Å². The number of aromatic nitrogens is 3. The van der Waals surface area contributed by atoms with E-state index in [0.717, 1.165) is 16.5 Å². The van der Waals surface area contributed by atoms with Crippen molar-refractivity contribution < 1.29 is 8.42 Å². The molecule has 0 amide bonds. The lowest BCUT2D eigenvalue weighted by atomic mass is 10.1. The third-order valence-corrected chi connectivity index (χ3v) is 6.63. The van der Waals surface area contributed by atoms with Crippen LogP contribution in [0, 0.1) is 6.92 Å². The van der Waals surface area contributed by atoms with Crippen molar-refractivity contribution in [1.82, 2.24) is 14.8 Å². The molecule has 1 aliphatic heterocycles. The molecule has 3 heterocycles. The lowest BCUT2D eigenvalue weighted by Crippen LogP contribution is -2.13. The summed E-state index contributed by atoms with van der Waals surface area (Å²) in [5, 5.41) is 7.25. The summed E-state index contributed by atoms with van der Waals surface area (Å²) in [7, 11) is -3.01. The van der Waals surface area contributed by atoms with Crippen LogP contribution in [0.5, 0.6) is 0 Å². The van der Waals surface area contributed by atoms with Gasteiger partial charge in [0.25, 0.3) is 0 Å². The number of rotatable bonds is 1. The molecule has 1 fully saturated rings. The average Bonchev–Trinajstić information content (AvgIpc) is 2.99. The zero-order chi connectivity index (χ0) is 16.4. The predicted octanol–water partition coefficient (Wildman–Crippen LogP) is 3.56. The molecular weight excluding hydrogens is 357 g/mol. The normalized spacial score (nSPS) is 20.6. The molecule has 0 bridgehead atoms. The molecule has 1 aliphatic rings. The Balaban J connectivity index is 2.02. The molecule has 120 valence electrons. The fourth-order valence-corrected chi connectivity index (χ4v) is 5.39. The SMILES string of the molecule is Cc1nn(C2CCS(=O)(=O)C2)c2nc3cc(Cl)ccc3c(Cl)c12. The second-order valence-corrected chi connectivity index (χ2v) is 8.92. The predicted molar refractivity (Wildman–Crippen MR) is 92.1 cm³/mol. The maximum absolute atomic E-state index is 11.8. The van der Waals surface area contributed by atoms with E-state index in [9.17, 15) is 8.42 Å². The largest absolute Gasteiger partial charge is 0.243 e. The zero-order valence-electron chi connectivity index (χ0n) is 12.3. The number of benzene rings is 1. The third kappa shape index (κ3) is 2.40. The highest BCUT2D eigenvalue weighted by Gasteiger charge is 2.32. The Bertz CT molecular complexity index is 1060. The highest BCUT2D eigenvalue weighted by molar-refractivity contribution is 7.91. The minimum atomic E-state index is -3.01. The number of fused-ring (bicyclic) bond motifs is 2. The van der Waals surface area contributed by atoms with E-state index in [0.29, 0.717) is 27.6 Å². The number of hydrogen-bond donors (Lipinski definition) is 0. The molecule has 23 heavy (non-hydrogen) atoms. The summed E-state index contributed by atoms with van der Waals surface area (Å²) in [5.74, 6) is 0.279. The Kier molecular flexibility index (Phi) is 3.34. The molecule has 0 saturated carbocycles. The van der Waals surface area contributed by atoms with Crippen LogP contribution in [-0.4, -0.2) is 34.7 Å². The number of sulfone groups is 1. The van der Waals surface area contributed by atoms with Crippen LogP contribution in [0.2, 0.25) is 10.0 Å². The van der Waals surface area contributed by atoms with Crippen LogP contribution >= 0.6 is 23.2 Å². The lowest BCUT2D eigenvalue weighted by molar-refractivity contribution is 0.509. The Morgan fingerprint density at radius 2 is 2.09 bits per heavy atom. The van der Waals surface area contributed by atoms with Crippen molar-refractivity contribution >= 4 is 55.0 Å². The molecule has 1 saturated heterocycles. The van der Waals surface area contributed by atoms with Crippen LogP contribution in [0.3, 0.4) is 0 Å². The monoisotopic (exact) mass is 369 g/mol. The molecule has 0 radical (unpaired) electrons. The van der Waals surface area contributed by atoms with Gasteiger partial charge in [0.2, 0.25) is 0 Å². The van der Waals surface area contributed by atoms with E-state index in [4.69, 9.17) is 23.2 Å². The summed E-state index contributed by atoms with van der Waals surface area (Å²) < 4.78 is 25.3. The van der Waals surface area contributed by atoms with Crippen molar-refractivity contribution in [2.24, 2.45) is 0 Å². The van der Waals surface area contributed by atoms with E-state index in [1.54, 1.807) is 16.8 Å². The summed E-state index contributed by atoms with van der Waals surface area (Å²) in [6.45, 7) is 1.86. The first-order valence-electron chi connectivity index (χ1n) is 7.20. The molecule has 4 rings (SSSR count). The summed E-state index contributed by atoms with van der Waals surface area (Å²) in [5.41, 5.74) is 2.04. The van der Waals surface area contributed by atoms with Crippen molar-refractivity contribution in [3.63, 3.8) is 0 Å². The van der Waals surface area contributed by atoms with Crippen LogP contribution < -0.4 is 0 Å². The molecule has 0 N–H and O–H groups in total. The zero-order valence-corrected chi connectivity index (χ0v) is 14.6. The highest BCUT2D eigenvalue weighted by atomic mass is 35.5. The van der Waals surface area contributed by atoms with Crippen LogP contribution in [0.25, 0.3) is 21.9 Å². The summed E-state index contributed by atoms with van der Waals surface area (Å²) in [6.07, 6.45) is 0.547. The number of nitrogens with zero attached hydrogens (tertiary/aromatic N) is 3. The van der Waals surface area contributed by atoms with Crippen LogP contribution in [0.4, 0.5) is 0 Å². The second kappa shape index (κ2) is 5.06. The summed E-state index contributed by atoms with van der Waals surface area (Å²) in [6, 6.07) is 5.16. The fourth-order valence-electron chi connectivity index (χ4n) is 3.15. The molecule has 8 heteroatoms. The van der Waals surface area contributed by atoms with Crippen LogP contribution in [0.15, 0.2) is 18.2 Å². The van der Waals surface area contributed by atoms with Gasteiger partial charge in [0, 0.05) is 10.4 Å². The maximum atomic E-state index is 11.8. The maximum Gasteiger partial charge on any atom is 0.160 e. The van der Waals surface area contributed by atoms with Gasteiger partial charge < -0.3 is 0 Å². The average molecular weight is 370 g/mol. The number of aryl methyl sites for hydroxylation is 1. The first-order valence-corrected chi connectivity index (χ1v) is 9.77. The topological polar surface area (TPSA) is 64.8 Å². The highest BCUT2D eigenvalue weighted by Crippen LogP contribution is 2.36. The van der Waals surface area contributed by atoms with Gasteiger partial charge in [0.05, 0.1) is 39.2 Å². The van der Waals surface area contributed by atoms with E-state index in [1.807, 2.05) is 13.0 Å². The Hall–Kier alpha value is -1.37. The van der Waals surface area contributed by atoms with E-state index in [1.165, 1.54) is 0 Å². The first-order chi connectivity index (χ1) is 10.9. The molecule has 1 unspecified atom stereocenters. The molecule has 3 aromatic rings. The Morgan fingerprint density at radius 3 is 2.78 bits per heavy atom. The first kappa shape index (κ1) is 15.2. The van der Waals surface area contributed by atoms with Gasteiger partial charge in [-0.05, 0) is 31.5 Å². The van der Waals surface area contributed by atoms with Crippen molar-refractivity contribution in [3.05, 3.63) is 33.9 Å².